The molecule has 0 aliphatic carbocycles. The third-order valence-electron chi connectivity index (χ3n) is 4.99. The molecule has 0 aromatic carbocycles. The highest BCUT2D eigenvalue weighted by Gasteiger charge is 2.30. The zero-order chi connectivity index (χ0) is 20.5. The quantitative estimate of drug-likeness (QED) is 0.661. The van der Waals surface area contributed by atoms with Gasteiger partial charge in [0.05, 0.1) is 43.5 Å². The van der Waals surface area contributed by atoms with Gasteiger partial charge in [-0.15, -0.1) is 0 Å². The van der Waals surface area contributed by atoms with Gasteiger partial charge < -0.3 is 25.8 Å². The minimum Gasteiger partial charge on any atom is -0.384 e. The van der Waals surface area contributed by atoms with E-state index in [1.165, 1.54) is 0 Å². The molecule has 9 nitrogen and oxygen atoms in total. The molecule has 0 saturated carbocycles. The molecule has 0 spiro atoms. The van der Waals surface area contributed by atoms with Crippen LogP contribution in [0.1, 0.15) is 12.5 Å². The van der Waals surface area contributed by atoms with Gasteiger partial charge in [0.25, 0.3) is 0 Å². The highest BCUT2D eigenvalue weighted by molar-refractivity contribution is 7.85. The van der Waals surface area contributed by atoms with Gasteiger partial charge in [0.2, 0.25) is 0 Å². The van der Waals surface area contributed by atoms with Crippen LogP contribution in [-0.2, 0) is 26.0 Å². The van der Waals surface area contributed by atoms with E-state index in [1.54, 1.807) is 12.1 Å². The lowest BCUT2D eigenvalue weighted by atomic mass is 10.2. The molecule has 4 heterocycles. The van der Waals surface area contributed by atoms with Crippen LogP contribution in [0.3, 0.4) is 0 Å². The van der Waals surface area contributed by atoms with Crippen LogP contribution in [0, 0.1) is 0 Å². The fourth-order valence-corrected chi connectivity index (χ4v) is 4.82. The Hall–Kier alpha value is -2.01. The van der Waals surface area contributed by atoms with Gasteiger partial charge in [-0.1, -0.05) is 11.6 Å². The van der Waals surface area contributed by atoms with E-state index in [9.17, 15) is 4.21 Å². The molecule has 2 aliphatic heterocycles. The number of pyridine rings is 1. The first kappa shape index (κ1) is 20.3. The van der Waals surface area contributed by atoms with E-state index in [0.29, 0.717) is 61.6 Å². The third kappa shape index (κ3) is 4.30. The first-order chi connectivity index (χ1) is 13.9. The van der Waals surface area contributed by atoms with Crippen LogP contribution in [0.4, 0.5) is 17.5 Å². The van der Waals surface area contributed by atoms with E-state index in [1.807, 2.05) is 0 Å². The summed E-state index contributed by atoms with van der Waals surface area (Å²) in [6.07, 6.45) is 0. The summed E-state index contributed by atoms with van der Waals surface area (Å²) in [7, 11) is -1.12. The average molecular weight is 439 g/mol. The summed E-state index contributed by atoms with van der Waals surface area (Å²) in [6.45, 7) is 4.87. The number of aromatic nitrogens is 3. The van der Waals surface area contributed by atoms with E-state index >= 15 is 0 Å². The summed E-state index contributed by atoms with van der Waals surface area (Å²) < 4.78 is 23.5. The molecule has 1 unspecified atom stereocenters. The molecular weight excluding hydrogens is 416 g/mol. The second-order valence-electron chi connectivity index (χ2n) is 7.14. The second kappa shape index (κ2) is 8.39. The summed E-state index contributed by atoms with van der Waals surface area (Å²) in [5, 5.41) is 0.265. The molecule has 0 radical (unpaired) electrons. The van der Waals surface area contributed by atoms with Gasteiger partial charge in [-0.2, -0.15) is 0 Å². The molecule has 2 atom stereocenters. The molecule has 4 N–H and O–H groups in total. The van der Waals surface area contributed by atoms with Crippen LogP contribution in [-0.4, -0.2) is 63.4 Å². The molecule has 0 bridgehead atoms. The molecule has 2 fully saturated rings. The number of morpholine rings is 1. The van der Waals surface area contributed by atoms with Crippen molar-refractivity contribution in [1.82, 2.24) is 15.0 Å². The fourth-order valence-electron chi connectivity index (χ4n) is 3.31. The van der Waals surface area contributed by atoms with Crippen LogP contribution < -0.4 is 16.4 Å². The highest BCUT2D eigenvalue weighted by Crippen LogP contribution is 2.32. The topological polar surface area (TPSA) is 129 Å². The van der Waals surface area contributed by atoms with Crippen molar-refractivity contribution in [3.63, 3.8) is 0 Å². The summed E-state index contributed by atoms with van der Waals surface area (Å²) in [5.41, 5.74) is 13.5. The Morgan fingerprint density at radius 2 is 2.00 bits per heavy atom. The fraction of sp³-hybridized carbons (Fsp3) is 0.500. The van der Waals surface area contributed by atoms with Gasteiger partial charge in [0.15, 0.2) is 5.82 Å². The number of rotatable bonds is 5. The van der Waals surface area contributed by atoms with Gasteiger partial charge in [-0.05, 0) is 19.1 Å². The van der Waals surface area contributed by atoms with Gasteiger partial charge in [0.1, 0.15) is 22.6 Å². The minimum absolute atomic E-state index is 0.0165. The molecule has 156 valence electrons. The smallest absolute Gasteiger partial charge is 0.164 e. The molecule has 2 aromatic rings. The number of nitrogens with zero attached hydrogens (tertiary/aromatic N) is 4. The van der Waals surface area contributed by atoms with Crippen molar-refractivity contribution in [3.05, 3.63) is 22.8 Å². The number of ether oxygens (including phenoxy) is 2. The van der Waals surface area contributed by atoms with Crippen molar-refractivity contribution in [2.24, 2.45) is 0 Å². The lowest BCUT2D eigenvalue weighted by Gasteiger charge is -2.36. The van der Waals surface area contributed by atoms with E-state index in [-0.39, 0.29) is 28.0 Å². The molecule has 2 aromatic heterocycles. The summed E-state index contributed by atoms with van der Waals surface area (Å²) in [5.74, 6) is 1.91. The predicted molar refractivity (Wildman–Crippen MR) is 113 cm³/mol. The van der Waals surface area contributed by atoms with Crippen LogP contribution in [0.5, 0.6) is 0 Å². The predicted octanol–water partition coefficient (Wildman–Crippen LogP) is 1.23. The van der Waals surface area contributed by atoms with Crippen LogP contribution >= 0.6 is 11.6 Å². The first-order valence-corrected chi connectivity index (χ1v) is 11.1. The molecule has 0 amide bonds. The van der Waals surface area contributed by atoms with Crippen molar-refractivity contribution in [2.75, 3.05) is 49.3 Å². The maximum atomic E-state index is 12.7. The van der Waals surface area contributed by atoms with Gasteiger partial charge in [-0.3, -0.25) is 4.21 Å². The summed E-state index contributed by atoms with van der Waals surface area (Å²) in [6, 6.07) is 3.38. The Bertz CT molecular complexity index is 922. The second-order valence-corrected chi connectivity index (χ2v) is 9.24. The molecule has 4 rings (SSSR count). The monoisotopic (exact) mass is 438 g/mol. The lowest BCUT2D eigenvalue weighted by Crippen LogP contribution is -2.45. The van der Waals surface area contributed by atoms with Crippen molar-refractivity contribution < 1.29 is 13.7 Å². The van der Waals surface area contributed by atoms with E-state index in [0.717, 1.165) is 0 Å². The zero-order valence-corrected chi connectivity index (χ0v) is 17.6. The SMILES string of the molecule is C[C@@H]1COCCN1c1nc(-c2cc(N)nc(Cl)c2)nc(N)c1CS(=O)C1COC1. The molecular formula is C18H23ClN6O3S. The minimum atomic E-state index is -1.12. The Morgan fingerprint density at radius 1 is 1.21 bits per heavy atom. The Morgan fingerprint density at radius 3 is 2.66 bits per heavy atom. The maximum absolute atomic E-state index is 12.7. The van der Waals surface area contributed by atoms with Gasteiger partial charge in [-0.25, -0.2) is 15.0 Å². The third-order valence-corrected chi connectivity index (χ3v) is 6.78. The summed E-state index contributed by atoms with van der Waals surface area (Å²) >= 11 is 6.05. The standard InChI is InChI=1S/C18H23ClN6O3S/c1-10-6-27-3-2-25(10)18-13(9-29(26)12-7-28-8-12)16(21)23-17(24-18)11-4-14(19)22-15(20)5-11/h4-5,10,12H,2-3,6-9H2,1H3,(H2,20,22)(H2,21,23,24)/t10-,29?/m1/s1. The number of nitrogen functional groups attached to an aromatic ring is 2. The van der Waals surface area contributed by atoms with E-state index in [4.69, 9.17) is 37.5 Å². The zero-order valence-electron chi connectivity index (χ0n) is 16.0. The number of hydrogen-bond donors (Lipinski definition) is 2. The average Bonchev–Trinajstić information content (AvgIpc) is 2.61. The molecule has 2 aliphatic rings. The maximum Gasteiger partial charge on any atom is 0.164 e. The summed E-state index contributed by atoms with van der Waals surface area (Å²) in [4.78, 5) is 15.4. The molecule has 29 heavy (non-hydrogen) atoms. The number of nitrogens with two attached hydrogens (primary N) is 2. The van der Waals surface area contributed by atoms with Crippen LogP contribution in [0.2, 0.25) is 5.15 Å². The van der Waals surface area contributed by atoms with E-state index in [2.05, 4.69) is 21.8 Å². The van der Waals surface area contributed by atoms with E-state index < -0.39 is 10.8 Å². The van der Waals surface area contributed by atoms with Crippen molar-refractivity contribution in [2.45, 2.75) is 24.0 Å². The highest BCUT2D eigenvalue weighted by atomic mass is 35.5. The van der Waals surface area contributed by atoms with Crippen molar-refractivity contribution >= 4 is 39.9 Å². The van der Waals surface area contributed by atoms with Gasteiger partial charge >= 0.3 is 0 Å². The first-order valence-electron chi connectivity index (χ1n) is 9.31. The van der Waals surface area contributed by atoms with Crippen LogP contribution in [0.15, 0.2) is 12.1 Å². The Kier molecular flexibility index (Phi) is 5.86. The van der Waals surface area contributed by atoms with Crippen molar-refractivity contribution in [3.8, 4) is 11.4 Å². The Labute approximate surface area is 176 Å². The van der Waals surface area contributed by atoms with Crippen molar-refractivity contribution in [1.29, 1.82) is 0 Å². The number of anilines is 3. The molecule has 11 heteroatoms. The number of halogens is 1. The lowest BCUT2D eigenvalue weighted by molar-refractivity contribution is 0.0435. The van der Waals surface area contributed by atoms with Gasteiger partial charge in [0, 0.05) is 28.5 Å². The normalized spacial score (nSPS) is 21.0. The Balaban J connectivity index is 1.78. The van der Waals surface area contributed by atoms with Crippen LogP contribution in [0.25, 0.3) is 11.4 Å². The number of hydrogen-bond acceptors (Lipinski definition) is 9. The largest absolute Gasteiger partial charge is 0.384 e. The molecule has 2 saturated heterocycles.